The van der Waals surface area contributed by atoms with Crippen molar-refractivity contribution in [1.82, 2.24) is 4.98 Å². The number of thiazole rings is 1. The van der Waals surface area contributed by atoms with Crippen LogP contribution >= 0.6 is 11.3 Å². The Bertz CT molecular complexity index is 989. The van der Waals surface area contributed by atoms with Crippen molar-refractivity contribution in [2.45, 2.75) is 6.18 Å². The van der Waals surface area contributed by atoms with Crippen molar-refractivity contribution in [1.29, 1.82) is 5.26 Å². The number of alkyl halides is 3. The summed E-state index contributed by atoms with van der Waals surface area (Å²) in [6, 6.07) is 12.4. The maximum atomic E-state index is 12.5. The van der Waals surface area contributed by atoms with E-state index in [0.29, 0.717) is 16.4 Å². The summed E-state index contributed by atoms with van der Waals surface area (Å²) in [5.74, 6) is 0. The topological polar surface area (TPSA) is 77.8 Å². The van der Waals surface area contributed by atoms with Gasteiger partial charge in [0.25, 0.3) is 0 Å². The molecule has 0 unspecified atom stereocenters. The molecule has 0 bridgehead atoms. The third-order valence-corrected chi connectivity index (χ3v) is 4.26. The zero-order chi connectivity index (χ0) is 19.4. The minimum absolute atomic E-state index is 0.226. The molecule has 0 spiro atoms. The van der Waals surface area contributed by atoms with Crippen molar-refractivity contribution in [3.63, 3.8) is 0 Å². The van der Waals surface area contributed by atoms with Crippen LogP contribution in [-0.2, 0) is 6.18 Å². The molecule has 3 aromatic rings. The molecule has 0 aliphatic carbocycles. The Kier molecular flexibility index (Phi) is 5.09. The number of carbonyl (C=O) groups excluding carboxylic acids is 1. The second-order valence-corrected chi connectivity index (χ2v) is 6.24. The van der Waals surface area contributed by atoms with Gasteiger partial charge in [-0.2, -0.15) is 18.4 Å². The number of urea groups is 1. The van der Waals surface area contributed by atoms with Crippen LogP contribution in [0, 0.1) is 11.3 Å². The number of hydrogen-bond acceptors (Lipinski definition) is 4. The molecule has 1 aromatic heterocycles. The van der Waals surface area contributed by atoms with Crippen molar-refractivity contribution in [3.05, 3.63) is 65.0 Å². The minimum atomic E-state index is -4.43. The molecule has 3 rings (SSSR count). The molecule has 0 saturated heterocycles. The Hall–Kier alpha value is -3.38. The molecule has 136 valence electrons. The van der Waals surface area contributed by atoms with Gasteiger partial charge >= 0.3 is 12.2 Å². The highest BCUT2D eigenvalue weighted by Gasteiger charge is 2.29. The second-order valence-electron chi connectivity index (χ2n) is 5.38. The molecule has 0 aliphatic rings. The number of hydrogen-bond donors (Lipinski definition) is 2. The fraction of sp³-hybridized carbons (Fsp3) is 0.0556. The first-order chi connectivity index (χ1) is 12.8. The number of amides is 2. The van der Waals surface area contributed by atoms with Crippen LogP contribution in [0.25, 0.3) is 11.3 Å². The standard InChI is InChI=1S/C18H11F3N4OS/c19-18(20,21)13-5-7-14(8-6-13)23-16(26)25-17-24-15(10-27-17)12-3-1-11(9-22)2-4-12/h1-8,10H,(H2,23,24,25,26). The molecule has 0 radical (unpaired) electrons. The molecule has 2 amide bonds. The predicted molar refractivity (Wildman–Crippen MR) is 96.4 cm³/mol. The summed E-state index contributed by atoms with van der Waals surface area (Å²) < 4.78 is 37.6. The van der Waals surface area contributed by atoms with Gasteiger partial charge < -0.3 is 5.32 Å². The smallest absolute Gasteiger partial charge is 0.308 e. The third kappa shape index (κ3) is 4.62. The zero-order valence-electron chi connectivity index (χ0n) is 13.5. The van der Waals surface area contributed by atoms with Gasteiger partial charge in [-0.3, -0.25) is 5.32 Å². The molecule has 5 nitrogen and oxygen atoms in total. The van der Waals surface area contributed by atoms with E-state index in [9.17, 15) is 18.0 Å². The summed E-state index contributed by atoms with van der Waals surface area (Å²) in [6.45, 7) is 0. The number of rotatable bonds is 3. The highest BCUT2D eigenvalue weighted by molar-refractivity contribution is 7.14. The van der Waals surface area contributed by atoms with Gasteiger partial charge in [0.2, 0.25) is 0 Å². The summed E-state index contributed by atoms with van der Waals surface area (Å²) in [7, 11) is 0. The van der Waals surface area contributed by atoms with Gasteiger partial charge in [-0.1, -0.05) is 12.1 Å². The Labute approximate surface area is 156 Å². The molecule has 0 fully saturated rings. The summed E-state index contributed by atoms with van der Waals surface area (Å²) in [5, 5.41) is 15.9. The Morgan fingerprint density at radius 2 is 1.70 bits per heavy atom. The van der Waals surface area contributed by atoms with E-state index in [2.05, 4.69) is 15.6 Å². The first-order valence-corrected chi connectivity index (χ1v) is 8.44. The first-order valence-electron chi connectivity index (χ1n) is 7.56. The maximum Gasteiger partial charge on any atom is 0.416 e. The van der Waals surface area contributed by atoms with Crippen molar-refractivity contribution in [3.8, 4) is 17.3 Å². The van der Waals surface area contributed by atoms with Gasteiger partial charge in [0, 0.05) is 16.6 Å². The highest BCUT2D eigenvalue weighted by atomic mass is 32.1. The zero-order valence-corrected chi connectivity index (χ0v) is 14.4. The van der Waals surface area contributed by atoms with Crippen molar-refractivity contribution in [2.75, 3.05) is 10.6 Å². The first kappa shape index (κ1) is 18.4. The van der Waals surface area contributed by atoms with Crippen LogP contribution in [0.3, 0.4) is 0 Å². The number of carbonyl (C=O) groups is 1. The minimum Gasteiger partial charge on any atom is -0.308 e. The van der Waals surface area contributed by atoms with Gasteiger partial charge in [0.15, 0.2) is 5.13 Å². The molecule has 2 aromatic carbocycles. The number of benzene rings is 2. The molecule has 1 heterocycles. The average Bonchev–Trinajstić information content (AvgIpc) is 3.09. The molecule has 9 heteroatoms. The summed E-state index contributed by atoms with van der Waals surface area (Å²) >= 11 is 1.20. The van der Waals surface area contributed by atoms with Crippen LogP contribution in [0.2, 0.25) is 0 Å². The second kappa shape index (κ2) is 7.47. The van der Waals surface area contributed by atoms with Crippen LogP contribution in [0.4, 0.5) is 28.8 Å². The summed E-state index contributed by atoms with van der Waals surface area (Å²) in [4.78, 5) is 16.3. The quantitative estimate of drug-likeness (QED) is 0.635. The SMILES string of the molecule is N#Cc1ccc(-c2csc(NC(=O)Nc3ccc(C(F)(F)F)cc3)n2)cc1. The molecule has 27 heavy (non-hydrogen) atoms. The van der Waals surface area contributed by atoms with E-state index in [0.717, 1.165) is 17.7 Å². The highest BCUT2D eigenvalue weighted by Crippen LogP contribution is 2.30. The molecular weight excluding hydrogens is 377 g/mol. The number of aromatic nitrogens is 1. The molecule has 0 atom stereocenters. The van der Waals surface area contributed by atoms with E-state index in [1.807, 2.05) is 6.07 Å². The number of nitrogens with zero attached hydrogens (tertiary/aromatic N) is 2. The summed E-state index contributed by atoms with van der Waals surface area (Å²) in [5.41, 5.74) is 1.39. The number of nitriles is 1. The van der Waals surface area contributed by atoms with E-state index >= 15 is 0 Å². The molecular formula is C18H11F3N4OS. The molecule has 0 aliphatic heterocycles. The van der Waals surface area contributed by atoms with Gasteiger partial charge in [0.1, 0.15) is 0 Å². The number of halogens is 3. The van der Waals surface area contributed by atoms with Gasteiger partial charge in [-0.15, -0.1) is 11.3 Å². The van der Waals surface area contributed by atoms with Crippen LogP contribution in [0.5, 0.6) is 0 Å². The fourth-order valence-corrected chi connectivity index (χ4v) is 2.90. The lowest BCUT2D eigenvalue weighted by Gasteiger charge is -2.08. The number of anilines is 2. The van der Waals surface area contributed by atoms with Crippen LogP contribution in [0.15, 0.2) is 53.9 Å². The van der Waals surface area contributed by atoms with E-state index < -0.39 is 17.8 Å². The van der Waals surface area contributed by atoms with Crippen LogP contribution in [-0.4, -0.2) is 11.0 Å². The van der Waals surface area contributed by atoms with Gasteiger partial charge in [-0.05, 0) is 36.4 Å². The lowest BCUT2D eigenvalue weighted by atomic mass is 10.1. The Balaban J connectivity index is 1.63. The van der Waals surface area contributed by atoms with E-state index in [1.165, 1.54) is 23.5 Å². The lowest BCUT2D eigenvalue weighted by molar-refractivity contribution is -0.137. The predicted octanol–water partition coefficient (Wildman–Crippen LogP) is 5.34. The van der Waals surface area contributed by atoms with Crippen molar-refractivity contribution in [2.24, 2.45) is 0 Å². The van der Waals surface area contributed by atoms with E-state index in [1.54, 1.807) is 29.6 Å². The van der Waals surface area contributed by atoms with Gasteiger partial charge in [0.05, 0.1) is 22.9 Å². The molecule has 2 N–H and O–H groups in total. The third-order valence-electron chi connectivity index (χ3n) is 3.50. The van der Waals surface area contributed by atoms with E-state index in [-0.39, 0.29) is 5.69 Å². The maximum absolute atomic E-state index is 12.5. The van der Waals surface area contributed by atoms with Crippen molar-refractivity contribution >= 4 is 28.2 Å². The van der Waals surface area contributed by atoms with Gasteiger partial charge in [-0.25, -0.2) is 9.78 Å². The van der Waals surface area contributed by atoms with Crippen LogP contribution < -0.4 is 10.6 Å². The average molecular weight is 388 g/mol. The Morgan fingerprint density at radius 3 is 2.30 bits per heavy atom. The Morgan fingerprint density at radius 1 is 1.04 bits per heavy atom. The normalized spacial score (nSPS) is 10.9. The van der Waals surface area contributed by atoms with E-state index in [4.69, 9.17) is 5.26 Å². The van der Waals surface area contributed by atoms with Crippen LogP contribution in [0.1, 0.15) is 11.1 Å². The summed E-state index contributed by atoms with van der Waals surface area (Å²) in [6.07, 6.45) is -4.43. The monoisotopic (exact) mass is 388 g/mol. The largest absolute Gasteiger partial charge is 0.416 e. The van der Waals surface area contributed by atoms with Crippen molar-refractivity contribution < 1.29 is 18.0 Å². The molecule has 0 saturated carbocycles. The lowest BCUT2D eigenvalue weighted by Crippen LogP contribution is -2.19. The fourth-order valence-electron chi connectivity index (χ4n) is 2.18. The number of nitrogens with one attached hydrogen (secondary N) is 2.